The summed E-state index contributed by atoms with van der Waals surface area (Å²) >= 11 is 12.3. The molecule has 110 valence electrons. The van der Waals surface area contributed by atoms with Crippen molar-refractivity contribution < 1.29 is 4.74 Å². The number of halogens is 2. The highest BCUT2D eigenvalue weighted by Gasteiger charge is 2.14. The van der Waals surface area contributed by atoms with Crippen molar-refractivity contribution in [1.82, 2.24) is 4.98 Å². The first kappa shape index (κ1) is 14.5. The molecular formula is C16H16Cl2N2O. The maximum Gasteiger partial charge on any atom is 0.240 e. The van der Waals surface area contributed by atoms with Crippen molar-refractivity contribution in [3.05, 3.63) is 45.4 Å². The summed E-state index contributed by atoms with van der Waals surface area (Å²) < 4.78 is 5.83. The van der Waals surface area contributed by atoms with Gasteiger partial charge in [-0.25, -0.2) is 0 Å². The average Bonchev–Trinajstić information content (AvgIpc) is 2.92. The number of benzene rings is 1. The molecule has 0 aliphatic heterocycles. The Balaban J connectivity index is 1.88. The number of anilines is 1. The van der Waals surface area contributed by atoms with Gasteiger partial charge in [0.2, 0.25) is 5.88 Å². The van der Waals surface area contributed by atoms with Crippen LogP contribution in [0.4, 0.5) is 5.82 Å². The van der Waals surface area contributed by atoms with Crippen molar-refractivity contribution in [3.63, 3.8) is 0 Å². The van der Waals surface area contributed by atoms with Crippen LogP contribution in [0, 0.1) is 0 Å². The van der Waals surface area contributed by atoms with Crippen LogP contribution >= 0.6 is 23.2 Å². The summed E-state index contributed by atoms with van der Waals surface area (Å²) in [7, 11) is 0. The molecule has 0 atom stereocenters. The summed E-state index contributed by atoms with van der Waals surface area (Å²) in [6.45, 7) is 2.71. The molecule has 1 N–H and O–H groups in total. The molecule has 1 aliphatic rings. The minimum absolute atomic E-state index is 0.370. The van der Waals surface area contributed by atoms with E-state index in [0.717, 1.165) is 25.1 Å². The molecule has 0 saturated carbocycles. The van der Waals surface area contributed by atoms with Gasteiger partial charge in [-0.15, -0.1) is 0 Å². The smallest absolute Gasteiger partial charge is 0.240 e. The van der Waals surface area contributed by atoms with Crippen LogP contribution in [-0.2, 0) is 12.8 Å². The molecule has 5 heteroatoms. The summed E-state index contributed by atoms with van der Waals surface area (Å²) in [4.78, 5) is 4.35. The highest BCUT2D eigenvalue weighted by Crippen LogP contribution is 2.34. The number of ether oxygens (including phenoxy) is 1. The van der Waals surface area contributed by atoms with E-state index >= 15 is 0 Å². The quantitative estimate of drug-likeness (QED) is 0.850. The van der Waals surface area contributed by atoms with Gasteiger partial charge in [-0.2, -0.15) is 4.98 Å². The maximum atomic E-state index is 6.17. The van der Waals surface area contributed by atoms with Gasteiger partial charge in [0.25, 0.3) is 0 Å². The predicted molar refractivity (Wildman–Crippen MR) is 87.0 cm³/mol. The van der Waals surface area contributed by atoms with Crippen molar-refractivity contribution in [2.24, 2.45) is 0 Å². The Morgan fingerprint density at radius 2 is 1.95 bits per heavy atom. The monoisotopic (exact) mass is 322 g/mol. The van der Waals surface area contributed by atoms with Crippen molar-refractivity contribution in [2.45, 2.75) is 26.2 Å². The van der Waals surface area contributed by atoms with Crippen molar-refractivity contribution >= 4 is 29.0 Å². The van der Waals surface area contributed by atoms with E-state index in [9.17, 15) is 0 Å². The number of aromatic nitrogens is 1. The normalized spacial score (nSPS) is 13.1. The van der Waals surface area contributed by atoms with Gasteiger partial charge in [-0.1, -0.05) is 29.3 Å². The third-order valence-corrected chi connectivity index (χ3v) is 4.08. The van der Waals surface area contributed by atoms with Gasteiger partial charge in [0.05, 0.1) is 5.02 Å². The fourth-order valence-corrected chi connectivity index (χ4v) is 3.00. The maximum absolute atomic E-state index is 6.17. The van der Waals surface area contributed by atoms with Gasteiger partial charge in [-0.3, -0.25) is 0 Å². The van der Waals surface area contributed by atoms with Crippen LogP contribution in [0.5, 0.6) is 11.6 Å². The Morgan fingerprint density at radius 1 is 1.14 bits per heavy atom. The number of nitrogens with one attached hydrogen (secondary N) is 1. The average molecular weight is 323 g/mol. The minimum atomic E-state index is 0.370. The molecule has 3 rings (SSSR count). The lowest BCUT2D eigenvalue weighted by atomic mass is 10.1. The lowest BCUT2D eigenvalue weighted by molar-refractivity contribution is 0.463. The zero-order valence-corrected chi connectivity index (χ0v) is 13.3. The van der Waals surface area contributed by atoms with Gasteiger partial charge in [-0.05, 0) is 55.5 Å². The summed E-state index contributed by atoms with van der Waals surface area (Å²) in [6, 6.07) is 7.80. The summed E-state index contributed by atoms with van der Waals surface area (Å²) in [5.74, 6) is 1.71. The molecule has 1 aliphatic carbocycles. The SMILES string of the molecule is CCNc1nc(Oc2ccc3c(c2)CCC3)c(Cl)cc1Cl. The molecule has 1 heterocycles. The zero-order chi connectivity index (χ0) is 14.8. The van der Waals surface area contributed by atoms with E-state index in [0.29, 0.717) is 21.7 Å². The Bertz CT molecular complexity index is 674. The predicted octanol–water partition coefficient (Wildman–Crippen LogP) is 5.10. The van der Waals surface area contributed by atoms with Crippen LogP contribution in [0.3, 0.4) is 0 Å². The van der Waals surface area contributed by atoms with Crippen molar-refractivity contribution in [3.8, 4) is 11.6 Å². The van der Waals surface area contributed by atoms with Crippen molar-refractivity contribution in [2.75, 3.05) is 11.9 Å². The molecule has 0 spiro atoms. The number of nitrogens with zero attached hydrogens (tertiary/aromatic N) is 1. The van der Waals surface area contributed by atoms with Crippen molar-refractivity contribution in [1.29, 1.82) is 0 Å². The minimum Gasteiger partial charge on any atom is -0.437 e. The second-order valence-corrected chi connectivity index (χ2v) is 5.84. The van der Waals surface area contributed by atoms with Gasteiger partial charge in [0, 0.05) is 6.54 Å². The molecular weight excluding hydrogens is 307 g/mol. The highest BCUT2D eigenvalue weighted by molar-refractivity contribution is 6.36. The largest absolute Gasteiger partial charge is 0.437 e. The first-order valence-corrected chi connectivity index (χ1v) is 7.82. The molecule has 0 radical (unpaired) electrons. The van der Waals surface area contributed by atoms with Gasteiger partial charge in [0.1, 0.15) is 16.6 Å². The fraction of sp³-hybridized carbons (Fsp3) is 0.312. The van der Waals surface area contributed by atoms with Crippen LogP contribution < -0.4 is 10.1 Å². The first-order valence-electron chi connectivity index (χ1n) is 7.07. The number of hydrogen-bond donors (Lipinski definition) is 1. The third kappa shape index (κ3) is 3.09. The van der Waals surface area contributed by atoms with E-state index < -0.39 is 0 Å². The molecule has 21 heavy (non-hydrogen) atoms. The lowest BCUT2D eigenvalue weighted by Crippen LogP contribution is -2.01. The van der Waals surface area contributed by atoms with E-state index in [4.69, 9.17) is 27.9 Å². The van der Waals surface area contributed by atoms with Crippen LogP contribution in [0.15, 0.2) is 24.3 Å². The second-order valence-electron chi connectivity index (χ2n) is 5.02. The Labute approximate surface area is 134 Å². The van der Waals surface area contributed by atoms with Crippen LogP contribution in [0.1, 0.15) is 24.5 Å². The third-order valence-electron chi connectivity index (χ3n) is 3.53. The summed E-state index contributed by atoms with van der Waals surface area (Å²) in [6.07, 6.45) is 3.47. The number of hydrogen-bond acceptors (Lipinski definition) is 3. The van der Waals surface area contributed by atoms with E-state index in [-0.39, 0.29) is 0 Å². The van der Waals surface area contributed by atoms with E-state index in [2.05, 4.69) is 22.4 Å². The van der Waals surface area contributed by atoms with Crippen LogP contribution in [0.2, 0.25) is 10.0 Å². The van der Waals surface area contributed by atoms with Gasteiger partial charge >= 0.3 is 0 Å². The molecule has 2 aromatic rings. The van der Waals surface area contributed by atoms with E-state index in [1.807, 2.05) is 13.0 Å². The Hall–Kier alpha value is -1.45. The standard InChI is InChI=1S/C16H16Cl2N2O/c1-2-19-15-13(17)9-14(18)16(20-15)21-12-7-6-10-4-3-5-11(10)8-12/h6-9H,2-5H2,1H3,(H,19,20). The van der Waals surface area contributed by atoms with Crippen LogP contribution in [0.25, 0.3) is 0 Å². The van der Waals surface area contributed by atoms with E-state index in [1.165, 1.54) is 17.5 Å². The zero-order valence-electron chi connectivity index (χ0n) is 11.7. The number of rotatable bonds is 4. The van der Waals surface area contributed by atoms with Gasteiger partial charge in [0.15, 0.2) is 0 Å². The molecule has 1 aromatic heterocycles. The first-order chi connectivity index (χ1) is 10.2. The molecule has 0 saturated heterocycles. The lowest BCUT2D eigenvalue weighted by Gasteiger charge is -2.11. The molecule has 0 unspecified atom stereocenters. The molecule has 0 bridgehead atoms. The molecule has 0 fully saturated rings. The summed E-state index contributed by atoms with van der Waals surface area (Å²) in [5.41, 5.74) is 2.76. The molecule has 3 nitrogen and oxygen atoms in total. The topological polar surface area (TPSA) is 34.2 Å². The number of fused-ring (bicyclic) bond motifs is 1. The summed E-state index contributed by atoms with van der Waals surface area (Å²) in [5, 5.41) is 3.98. The Kier molecular flexibility index (Phi) is 4.22. The highest BCUT2D eigenvalue weighted by atomic mass is 35.5. The van der Waals surface area contributed by atoms with E-state index in [1.54, 1.807) is 6.07 Å². The fourth-order valence-electron chi connectivity index (χ4n) is 2.54. The second kappa shape index (κ2) is 6.12. The van der Waals surface area contributed by atoms with Crippen LogP contribution in [-0.4, -0.2) is 11.5 Å². The molecule has 0 amide bonds. The Morgan fingerprint density at radius 3 is 2.76 bits per heavy atom. The number of pyridine rings is 1. The molecule has 1 aromatic carbocycles. The van der Waals surface area contributed by atoms with Gasteiger partial charge < -0.3 is 10.1 Å². The number of aryl methyl sites for hydroxylation is 2.